The number of carbonyl (C=O) groups excluding carboxylic acids is 1. The summed E-state index contributed by atoms with van der Waals surface area (Å²) in [7, 11) is 1.59. The Morgan fingerprint density at radius 2 is 2.26 bits per heavy atom. The second-order valence-electron chi connectivity index (χ2n) is 4.08. The lowest BCUT2D eigenvalue weighted by atomic mass is 10.1. The summed E-state index contributed by atoms with van der Waals surface area (Å²) in [5, 5.41) is 13.5. The summed E-state index contributed by atoms with van der Waals surface area (Å²) in [6, 6.07) is 4.02. The molecule has 1 atom stereocenters. The number of hydrogen-bond acceptors (Lipinski definition) is 4. The second kappa shape index (κ2) is 7.20. The molecule has 104 valence electrons. The van der Waals surface area contributed by atoms with Gasteiger partial charge in [-0.3, -0.25) is 14.9 Å². The number of amides is 1. The first-order valence-electron chi connectivity index (χ1n) is 5.69. The Balaban J connectivity index is 2.81. The van der Waals surface area contributed by atoms with E-state index in [2.05, 4.69) is 21.2 Å². The van der Waals surface area contributed by atoms with E-state index in [1.165, 1.54) is 18.2 Å². The fourth-order valence-electron chi connectivity index (χ4n) is 1.47. The van der Waals surface area contributed by atoms with Crippen LogP contribution in [-0.4, -0.2) is 30.6 Å². The van der Waals surface area contributed by atoms with Gasteiger partial charge < -0.3 is 10.1 Å². The van der Waals surface area contributed by atoms with E-state index >= 15 is 0 Å². The lowest BCUT2D eigenvalue weighted by Gasteiger charge is -2.13. The molecule has 1 rings (SSSR count). The molecule has 1 aromatic rings. The van der Waals surface area contributed by atoms with E-state index in [1.54, 1.807) is 7.11 Å². The molecule has 0 aliphatic heterocycles. The summed E-state index contributed by atoms with van der Waals surface area (Å²) in [5.41, 5.74) is 0.136. The van der Waals surface area contributed by atoms with Gasteiger partial charge in [0.25, 0.3) is 11.6 Å². The summed E-state index contributed by atoms with van der Waals surface area (Å²) in [6.07, 6.45) is 0.675. The first-order valence-corrected chi connectivity index (χ1v) is 6.48. The van der Waals surface area contributed by atoms with Crippen LogP contribution in [0.1, 0.15) is 23.7 Å². The first-order chi connectivity index (χ1) is 8.95. The van der Waals surface area contributed by atoms with Crippen LogP contribution in [0.15, 0.2) is 22.7 Å². The van der Waals surface area contributed by atoms with Crippen LogP contribution < -0.4 is 5.32 Å². The predicted octanol–water partition coefficient (Wildman–Crippen LogP) is 2.51. The van der Waals surface area contributed by atoms with Crippen molar-refractivity contribution in [1.29, 1.82) is 0 Å². The summed E-state index contributed by atoms with van der Waals surface area (Å²) in [4.78, 5) is 22.2. The zero-order valence-corrected chi connectivity index (χ0v) is 12.3. The van der Waals surface area contributed by atoms with Gasteiger partial charge in [0, 0.05) is 36.4 Å². The molecule has 0 saturated heterocycles. The highest BCUT2D eigenvalue weighted by Gasteiger charge is 2.16. The van der Waals surface area contributed by atoms with E-state index in [9.17, 15) is 14.9 Å². The highest BCUT2D eigenvalue weighted by molar-refractivity contribution is 9.10. The number of nitrogens with zero attached hydrogens (tertiary/aromatic N) is 1. The molecule has 0 heterocycles. The van der Waals surface area contributed by atoms with Crippen molar-refractivity contribution in [1.82, 2.24) is 5.32 Å². The van der Waals surface area contributed by atoms with Gasteiger partial charge in [-0.1, -0.05) is 0 Å². The molecule has 0 aliphatic rings. The van der Waals surface area contributed by atoms with Crippen LogP contribution in [0.4, 0.5) is 5.69 Å². The Labute approximate surface area is 119 Å². The maximum Gasteiger partial charge on any atom is 0.270 e. The van der Waals surface area contributed by atoms with Crippen molar-refractivity contribution in [3.05, 3.63) is 38.3 Å². The average Bonchev–Trinajstić information content (AvgIpc) is 2.36. The molecule has 0 aliphatic carbocycles. The van der Waals surface area contributed by atoms with Crippen LogP contribution in [0.3, 0.4) is 0 Å². The molecule has 0 spiro atoms. The first kappa shape index (κ1) is 15.6. The molecule has 6 nitrogen and oxygen atoms in total. The Hall–Kier alpha value is -1.47. The molecular weight excluding hydrogens is 316 g/mol. The Morgan fingerprint density at radius 1 is 1.58 bits per heavy atom. The van der Waals surface area contributed by atoms with Gasteiger partial charge in [-0.2, -0.15) is 0 Å². The molecule has 0 fully saturated rings. The number of ether oxygens (including phenoxy) is 1. The number of non-ortho nitro benzene ring substituents is 1. The summed E-state index contributed by atoms with van der Waals surface area (Å²) in [6.45, 7) is 2.39. The van der Waals surface area contributed by atoms with E-state index in [0.29, 0.717) is 17.5 Å². The summed E-state index contributed by atoms with van der Waals surface area (Å²) < 4.78 is 5.45. The number of nitro groups is 1. The molecule has 0 aromatic heterocycles. The Kier molecular flexibility index (Phi) is 5.91. The zero-order valence-electron chi connectivity index (χ0n) is 10.7. The van der Waals surface area contributed by atoms with E-state index in [0.717, 1.165) is 0 Å². The van der Waals surface area contributed by atoms with E-state index in [4.69, 9.17) is 4.74 Å². The van der Waals surface area contributed by atoms with E-state index in [1.807, 2.05) is 6.92 Å². The van der Waals surface area contributed by atoms with E-state index in [-0.39, 0.29) is 23.2 Å². The quantitative estimate of drug-likeness (QED) is 0.641. The van der Waals surface area contributed by atoms with Gasteiger partial charge in [-0.25, -0.2) is 0 Å². The molecule has 1 aromatic carbocycles. The van der Waals surface area contributed by atoms with Crippen LogP contribution >= 0.6 is 15.9 Å². The van der Waals surface area contributed by atoms with Gasteiger partial charge in [0.1, 0.15) is 0 Å². The lowest BCUT2D eigenvalue weighted by Crippen LogP contribution is -2.33. The molecule has 1 N–H and O–H groups in total. The van der Waals surface area contributed by atoms with Gasteiger partial charge >= 0.3 is 0 Å². The third kappa shape index (κ3) is 4.60. The topological polar surface area (TPSA) is 81.5 Å². The van der Waals surface area contributed by atoms with Crippen LogP contribution in [0, 0.1) is 10.1 Å². The van der Waals surface area contributed by atoms with Crippen molar-refractivity contribution in [2.24, 2.45) is 0 Å². The van der Waals surface area contributed by atoms with Gasteiger partial charge in [0.2, 0.25) is 0 Å². The van der Waals surface area contributed by atoms with Crippen molar-refractivity contribution in [2.75, 3.05) is 13.7 Å². The predicted molar refractivity (Wildman–Crippen MR) is 74.2 cm³/mol. The maximum absolute atomic E-state index is 12.0. The summed E-state index contributed by atoms with van der Waals surface area (Å²) >= 11 is 3.21. The van der Waals surface area contributed by atoms with Gasteiger partial charge in [0.05, 0.1) is 10.5 Å². The number of nitro benzene ring substituents is 1. The van der Waals surface area contributed by atoms with Crippen molar-refractivity contribution >= 4 is 27.5 Å². The number of nitrogens with one attached hydrogen (secondary N) is 1. The van der Waals surface area contributed by atoms with Gasteiger partial charge in [-0.15, -0.1) is 0 Å². The molecule has 19 heavy (non-hydrogen) atoms. The molecule has 1 amide bonds. The lowest BCUT2D eigenvalue weighted by molar-refractivity contribution is -0.384. The Bertz CT molecular complexity index is 479. The van der Waals surface area contributed by atoms with Crippen LogP contribution in [-0.2, 0) is 4.74 Å². The van der Waals surface area contributed by atoms with Gasteiger partial charge in [-0.05, 0) is 35.3 Å². The zero-order chi connectivity index (χ0) is 14.4. The third-order valence-electron chi connectivity index (χ3n) is 2.54. The van der Waals surface area contributed by atoms with Crippen molar-refractivity contribution < 1.29 is 14.5 Å². The maximum atomic E-state index is 12.0. The average molecular weight is 331 g/mol. The van der Waals surface area contributed by atoms with E-state index < -0.39 is 4.92 Å². The third-order valence-corrected chi connectivity index (χ3v) is 3.23. The number of methoxy groups -OCH3 is 1. The molecule has 1 unspecified atom stereocenters. The van der Waals surface area contributed by atoms with Crippen molar-refractivity contribution in [2.45, 2.75) is 19.4 Å². The molecular formula is C12H15BrN2O4. The smallest absolute Gasteiger partial charge is 0.270 e. The normalized spacial score (nSPS) is 11.9. The minimum atomic E-state index is -0.530. The highest BCUT2D eigenvalue weighted by atomic mass is 79.9. The minimum Gasteiger partial charge on any atom is -0.385 e. The number of halogens is 1. The molecule has 0 saturated carbocycles. The fraction of sp³-hybridized carbons (Fsp3) is 0.417. The molecule has 0 radical (unpaired) electrons. The van der Waals surface area contributed by atoms with Crippen molar-refractivity contribution in [3.63, 3.8) is 0 Å². The van der Waals surface area contributed by atoms with Gasteiger partial charge in [0.15, 0.2) is 0 Å². The summed E-state index contributed by atoms with van der Waals surface area (Å²) in [5.74, 6) is -0.348. The number of hydrogen-bond donors (Lipinski definition) is 1. The fourth-order valence-corrected chi connectivity index (χ4v) is 1.90. The standard InChI is InChI=1S/C12H15BrN2O4/c1-8(5-6-19-2)14-12(16)10-7-9(15(17)18)3-4-11(10)13/h3-4,7-8H,5-6H2,1-2H3,(H,14,16). The van der Waals surface area contributed by atoms with Crippen molar-refractivity contribution in [3.8, 4) is 0 Å². The number of carbonyl (C=O) groups is 1. The molecule has 7 heteroatoms. The van der Waals surface area contributed by atoms with Crippen LogP contribution in [0.5, 0.6) is 0 Å². The number of benzene rings is 1. The SMILES string of the molecule is COCCC(C)NC(=O)c1cc([N+](=O)[O-])ccc1Br. The van der Waals surface area contributed by atoms with Crippen LogP contribution in [0.25, 0.3) is 0 Å². The Morgan fingerprint density at radius 3 is 2.84 bits per heavy atom. The van der Waals surface area contributed by atoms with Crippen LogP contribution in [0.2, 0.25) is 0 Å². The number of rotatable bonds is 6. The largest absolute Gasteiger partial charge is 0.385 e. The minimum absolute atomic E-state index is 0.0707. The second-order valence-corrected chi connectivity index (χ2v) is 4.93. The monoisotopic (exact) mass is 330 g/mol. The molecule has 0 bridgehead atoms. The highest BCUT2D eigenvalue weighted by Crippen LogP contribution is 2.22.